The second-order valence-electron chi connectivity index (χ2n) is 7.52. The molecule has 3 saturated heterocycles. The summed E-state index contributed by atoms with van der Waals surface area (Å²) in [5.74, 6) is 1.09. The summed E-state index contributed by atoms with van der Waals surface area (Å²) in [6.45, 7) is 2.30. The predicted octanol–water partition coefficient (Wildman–Crippen LogP) is 2.41. The Kier molecular flexibility index (Phi) is 6.97. The number of ether oxygens (including phenoxy) is 1. The summed E-state index contributed by atoms with van der Waals surface area (Å²) >= 11 is 0. The molecule has 3 fully saturated rings. The van der Waals surface area contributed by atoms with Gasteiger partial charge in [-0.25, -0.2) is 0 Å². The molecule has 6 nitrogen and oxygen atoms in total. The Bertz CT molecular complexity index is 696. The molecule has 1 aromatic rings. The van der Waals surface area contributed by atoms with Crippen molar-refractivity contribution in [2.24, 2.45) is 4.99 Å². The smallest absolute Gasteiger partial charge is 0.222 e. The number of carbonyl (C=O) groups is 1. The molecule has 3 heterocycles. The Labute approximate surface area is 178 Å². The molecular weight excluding hydrogens is 455 g/mol. The highest BCUT2D eigenvalue weighted by Gasteiger charge is 2.41. The molecule has 7 heteroatoms. The van der Waals surface area contributed by atoms with Crippen molar-refractivity contribution in [3.05, 3.63) is 35.4 Å². The summed E-state index contributed by atoms with van der Waals surface area (Å²) in [4.78, 5) is 18.1. The lowest BCUT2D eigenvalue weighted by Gasteiger charge is -2.22. The van der Waals surface area contributed by atoms with E-state index in [0.717, 1.165) is 31.8 Å². The maximum absolute atomic E-state index is 11.8. The van der Waals surface area contributed by atoms with Crippen LogP contribution in [0.4, 0.5) is 0 Å². The number of amides is 1. The molecule has 3 aliphatic heterocycles. The van der Waals surface area contributed by atoms with E-state index in [1.54, 1.807) is 7.05 Å². The molecule has 0 spiro atoms. The fourth-order valence-corrected chi connectivity index (χ4v) is 4.28. The largest absolute Gasteiger partial charge is 0.373 e. The van der Waals surface area contributed by atoms with Gasteiger partial charge in [0.15, 0.2) is 5.96 Å². The van der Waals surface area contributed by atoms with Gasteiger partial charge in [-0.3, -0.25) is 9.79 Å². The molecule has 3 atom stereocenters. The minimum Gasteiger partial charge on any atom is -0.373 e. The van der Waals surface area contributed by atoms with Crippen molar-refractivity contribution in [1.82, 2.24) is 15.5 Å². The van der Waals surface area contributed by atoms with Crippen LogP contribution in [0.3, 0.4) is 0 Å². The number of fused-ring (bicyclic) bond motifs is 2. The molecule has 0 aliphatic carbocycles. The molecule has 3 aliphatic rings. The lowest BCUT2D eigenvalue weighted by Crippen LogP contribution is -2.47. The van der Waals surface area contributed by atoms with Crippen LogP contribution in [0.1, 0.15) is 43.2 Å². The Morgan fingerprint density at radius 1 is 1.33 bits per heavy atom. The van der Waals surface area contributed by atoms with Crippen molar-refractivity contribution in [1.29, 1.82) is 0 Å². The Morgan fingerprint density at radius 3 is 2.85 bits per heavy atom. The molecule has 3 unspecified atom stereocenters. The number of guanidine groups is 1. The van der Waals surface area contributed by atoms with Crippen molar-refractivity contribution >= 4 is 35.8 Å². The maximum Gasteiger partial charge on any atom is 0.222 e. The van der Waals surface area contributed by atoms with E-state index in [-0.39, 0.29) is 29.9 Å². The van der Waals surface area contributed by atoms with Gasteiger partial charge in [-0.15, -0.1) is 24.0 Å². The Morgan fingerprint density at radius 2 is 2.19 bits per heavy atom. The molecule has 0 saturated carbocycles. The second-order valence-corrected chi connectivity index (χ2v) is 7.52. The van der Waals surface area contributed by atoms with E-state index >= 15 is 0 Å². The molecule has 0 aromatic heterocycles. The molecule has 0 radical (unpaired) electrons. The first-order chi connectivity index (χ1) is 12.7. The number of likely N-dealkylation sites (tertiary alicyclic amines) is 1. The molecule has 1 amide bonds. The minimum absolute atomic E-state index is 0. The highest BCUT2D eigenvalue weighted by atomic mass is 127. The SMILES string of the molecule is CN=C(NCc1cccc(CN2CCCC2=O)c1)NC1CC2CCC1O2.I. The summed E-state index contributed by atoms with van der Waals surface area (Å²) in [6.07, 6.45) is 5.85. The number of carbonyl (C=O) groups excluding carboxylic acids is 1. The molecule has 1 aromatic carbocycles. The standard InChI is InChI=1S/C20H28N4O2.HI/c1-21-20(23-17-11-16-7-8-18(17)26-16)22-12-14-4-2-5-15(10-14)13-24-9-3-6-19(24)25;/h2,4-5,10,16-18H,3,6-9,11-13H2,1H3,(H2,21,22,23);1H. The van der Waals surface area contributed by atoms with E-state index in [1.807, 2.05) is 4.90 Å². The first kappa shape index (κ1) is 20.4. The maximum atomic E-state index is 11.8. The van der Waals surface area contributed by atoms with Gasteiger partial charge in [0.25, 0.3) is 0 Å². The highest BCUT2D eigenvalue weighted by molar-refractivity contribution is 14.0. The number of halogens is 1. The van der Waals surface area contributed by atoms with E-state index in [2.05, 4.69) is 39.9 Å². The van der Waals surface area contributed by atoms with Gasteiger partial charge in [0.1, 0.15) is 0 Å². The zero-order chi connectivity index (χ0) is 17.9. The zero-order valence-electron chi connectivity index (χ0n) is 15.8. The second kappa shape index (κ2) is 9.23. The summed E-state index contributed by atoms with van der Waals surface area (Å²) < 4.78 is 5.90. The fraction of sp³-hybridized carbons (Fsp3) is 0.600. The normalized spacial score (nSPS) is 27.0. The summed E-state index contributed by atoms with van der Waals surface area (Å²) in [7, 11) is 1.80. The van der Waals surface area contributed by atoms with E-state index in [4.69, 9.17) is 4.74 Å². The van der Waals surface area contributed by atoms with Crippen LogP contribution < -0.4 is 10.6 Å². The van der Waals surface area contributed by atoms with Gasteiger partial charge < -0.3 is 20.3 Å². The number of nitrogens with zero attached hydrogens (tertiary/aromatic N) is 2. The molecule has 148 valence electrons. The van der Waals surface area contributed by atoms with Gasteiger partial charge >= 0.3 is 0 Å². The van der Waals surface area contributed by atoms with Crippen LogP contribution in [0.15, 0.2) is 29.3 Å². The number of benzene rings is 1. The van der Waals surface area contributed by atoms with Crippen LogP contribution in [-0.4, -0.2) is 48.6 Å². The number of hydrogen-bond acceptors (Lipinski definition) is 3. The van der Waals surface area contributed by atoms with Crippen LogP contribution in [0.25, 0.3) is 0 Å². The van der Waals surface area contributed by atoms with Gasteiger partial charge in [0, 0.05) is 33.1 Å². The van der Waals surface area contributed by atoms with Crippen molar-refractivity contribution in [2.75, 3.05) is 13.6 Å². The van der Waals surface area contributed by atoms with Crippen LogP contribution >= 0.6 is 24.0 Å². The molecule has 2 N–H and O–H groups in total. The van der Waals surface area contributed by atoms with E-state index in [9.17, 15) is 4.79 Å². The molecule has 2 bridgehead atoms. The third kappa shape index (κ3) is 4.93. The Balaban J connectivity index is 0.00000210. The van der Waals surface area contributed by atoms with Crippen molar-refractivity contribution in [2.45, 2.75) is 63.4 Å². The first-order valence-corrected chi connectivity index (χ1v) is 9.69. The van der Waals surface area contributed by atoms with Crippen molar-refractivity contribution in [3.63, 3.8) is 0 Å². The average Bonchev–Trinajstić information content (AvgIpc) is 3.37. The number of rotatable bonds is 5. The predicted molar refractivity (Wildman–Crippen MR) is 116 cm³/mol. The summed E-state index contributed by atoms with van der Waals surface area (Å²) in [5.41, 5.74) is 2.38. The lowest BCUT2D eigenvalue weighted by molar-refractivity contribution is -0.128. The van der Waals surface area contributed by atoms with Gasteiger partial charge in [-0.2, -0.15) is 0 Å². The van der Waals surface area contributed by atoms with Gasteiger partial charge in [0.2, 0.25) is 5.91 Å². The van der Waals surface area contributed by atoms with Crippen LogP contribution in [0.5, 0.6) is 0 Å². The van der Waals surface area contributed by atoms with Gasteiger partial charge in [-0.1, -0.05) is 24.3 Å². The number of hydrogen-bond donors (Lipinski definition) is 2. The first-order valence-electron chi connectivity index (χ1n) is 9.69. The van der Waals surface area contributed by atoms with Gasteiger partial charge in [0.05, 0.1) is 18.2 Å². The van der Waals surface area contributed by atoms with Crippen LogP contribution in [0.2, 0.25) is 0 Å². The zero-order valence-corrected chi connectivity index (χ0v) is 18.1. The molecular formula is C20H29IN4O2. The van der Waals surface area contributed by atoms with Gasteiger partial charge in [-0.05, 0) is 36.8 Å². The third-order valence-electron chi connectivity index (χ3n) is 5.65. The molecule has 27 heavy (non-hydrogen) atoms. The van der Waals surface area contributed by atoms with Crippen molar-refractivity contribution < 1.29 is 9.53 Å². The van der Waals surface area contributed by atoms with E-state index < -0.39 is 0 Å². The number of nitrogens with one attached hydrogen (secondary N) is 2. The van der Waals surface area contributed by atoms with E-state index in [0.29, 0.717) is 37.8 Å². The van der Waals surface area contributed by atoms with Crippen LogP contribution in [0, 0.1) is 0 Å². The minimum atomic E-state index is 0. The third-order valence-corrected chi connectivity index (χ3v) is 5.65. The van der Waals surface area contributed by atoms with Crippen LogP contribution in [-0.2, 0) is 22.6 Å². The average molecular weight is 484 g/mol. The van der Waals surface area contributed by atoms with E-state index in [1.165, 1.54) is 17.5 Å². The lowest BCUT2D eigenvalue weighted by atomic mass is 9.96. The summed E-state index contributed by atoms with van der Waals surface area (Å²) in [6, 6.07) is 8.80. The summed E-state index contributed by atoms with van der Waals surface area (Å²) in [5, 5.41) is 6.91. The highest BCUT2D eigenvalue weighted by Crippen LogP contribution is 2.34. The number of aliphatic imine (C=N–C) groups is 1. The topological polar surface area (TPSA) is 66.0 Å². The Hall–Kier alpha value is -1.35. The fourth-order valence-electron chi connectivity index (χ4n) is 4.28. The van der Waals surface area contributed by atoms with Crippen molar-refractivity contribution in [3.8, 4) is 0 Å². The molecule has 4 rings (SSSR count). The quantitative estimate of drug-likeness (QED) is 0.383. The monoisotopic (exact) mass is 484 g/mol.